The molecule has 2 heterocycles. The first-order chi connectivity index (χ1) is 7.36. The molecule has 1 saturated heterocycles. The Morgan fingerprint density at radius 1 is 1.67 bits per heavy atom. The molecule has 0 spiro atoms. The van der Waals surface area contributed by atoms with Crippen molar-refractivity contribution in [1.29, 1.82) is 0 Å². The Balaban J connectivity index is 1.67. The summed E-state index contributed by atoms with van der Waals surface area (Å²) in [5, 5.41) is 12.3. The van der Waals surface area contributed by atoms with Crippen LogP contribution in [-0.2, 0) is 0 Å². The van der Waals surface area contributed by atoms with Crippen molar-refractivity contribution in [3.8, 4) is 0 Å². The van der Waals surface area contributed by atoms with Gasteiger partial charge in [0.1, 0.15) is 6.33 Å². The van der Waals surface area contributed by atoms with E-state index in [9.17, 15) is 4.79 Å². The molecular formula is C9H15N5O. The first-order valence-electron chi connectivity index (χ1n) is 5.20. The quantitative estimate of drug-likeness (QED) is 0.626. The van der Waals surface area contributed by atoms with Crippen LogP contribution in [0.2, 0.25) is 0 Å². The van der Waals surface area contributed by atoms with Gasteiger partial charge in [-0.25, -0.2) is 4.98 Å². The number of aromatic amines is 1. The molecule has 1 aliphatic heterocycles. The molecule has 1 aromatic rings. The van der Waals surface area contributed by atoms with Gasteiger partial charge in [-0.3, -0.25) is 9.89 Å². The van der Waals surface area contributed by atoms with Crippen LogP contribution in [0.15, 0.2) is 6.33 Å². The van der Waals surface area contributed by atoms with E-state index >= 15 is 0 Å². The molecule has 0 aliphatic carbocycles. The maximum absolute atomic E-state index is 11.4. The van der Waals surface area contributed by atoms with Crippen molar-refractivity contribution in [2.75, 3.05) is 19.6 Å². The van der Waals surface area contributed by atoms with Crippen molar-refractivity contribution < 1.29 is 4.79 Å². The zero-order valence-electron chi connectivity index (χ0n) is 8.49. The van der Waals surface area contributed by atoms with Crippen LogP contribution in [-0.4, -0.2) is 40.7 Å². The molecule has 6 heteroatoms. The van der Waals surface area contributed by atoms with E-state index in [2.05, 4.69) is 25.8 Å². The molecule has 1 atom stereocenters. The topological polar surface area (TPSA) is 82.7 Å². The molecule has 2 rings (SSSR count). The summed E-state index contributed by atoms with van der Waals surface area (Å²) in [6, 6.07) is 0. The summed E-state index contributed by atoms with van der Waals surface area (Å²) in [6.07, 6.45) is 3.56. The molecule has 1 aliphatic rings. The highest BCUT2D eigenvalue weighted by molar-refractivity contribution is 5.90. The molecule has 1 fully saturated rings. The average molecular weight is 209 g/mol. The van der Waals surface area contributed by atoms with Crippen molar-refractivity contribution in [3.63, 3.8) is 0 Å². The second kappa shape index (κ2) is 4.88. The van der Waals surface area contributed by atoms with Crippen molar-refractivity contribution >= 4 is 5.91 Å². The van der Waals surface area contributed by atoms with Crippen molar-refractivity contribution in [2.24, 2.45) is 5.92 Å². The van der Waals surface area contributed by atoms with Gasteiger partial charge in [-0.05, 0) is 31.8 Å². The Hall–Kier alpha value is -1.43. The summed E-state index contributed by atoms with van der Waals surface area (Å²) in [6.45, 7) is 2.87. The number of aromatic nitrogens is 3. The molecule has 0 saturated carbocycles. The Bertz CT molecular complexity index is 304. The fourth-order valence-corrected chi connectivity index (χ4v) is 1.75. The van der Waals surface area contributed by atoms with E-state index in [0.717, 1.165) is 19.5 Å². The molecule has 1 unspecified atom stereocenters. The number of hydrogen-bond donors (Lipinski definition) is 3. The van der Waals surface area contributed by atoms with E-state index in [-0.39, 0.29) is 11.7 Å². The van der Waals surface area contributed by atoms with Crippen molar-refractivity contribution in [1.82, 2.24) is 25.8 Å². The third kappa shape index (κ3) is 2.76. The third-order valence-corrected chi connectivity index (χ3v) is 2.63. The maximum Gasteiger partial charge on any atom is 0.288 e. The maximum atomic E-state index is 11.4. The molecule has 82 valence electrons. The van der Waals surface area contributed by atoms with Crippen LogP contribution in [0.5, 0.6) is 0 Å². The van der Waals surface area contributed by atoms with Gasteiger partial charge in [0, 0.05) is 6.54 Å². The highest BCUT2D eigenvalue weighted by atomic mass is 16.2. The molecule has 0 aromatic carbocycles. The minimum atomic E-state index is -0.182. The highest BCUT2D eigenvalue weighted by Crippen LogP contribution is 2.10. The zero-order valence-corrected chi connectivity index (χ0v) is 8.49. The monoisotopic (exact) mass is 209 g/mol. The Morgan fingerprint density at radius 2 is 2.60 bits per heavy atom. The second-order valence-electron chi connectivity index (χ2n) is 3.74. The lowest BCUT2D eigenvalue weighted by Crippen LogP contribution is -2.27. The van der Waals surface area contributed by atoms with Gasteiger partial charge in [0.05, 0.1) is 0 Å². The van der Waals surface area contributed by atoms with E-state index in [0.29, 0.717) is 12.5 Å². The predicted octanol–water partition coefficient (Wildman–Crippen LogP) is -0.466. The normalized spacial score (nSPS) is 20.4. The Morgan fingerprint density at radius 3 is 3.27 bits per heavy atom. The van der Waals surface area contributed by atoms with Crippen LogP contribution < -0.4 is 10.6 Å². The smallest absolute Gasteiger partial charge is 0.288 e. The molecule has 15 heavy (non-hydrogen) atoms. The van der Waals surface area contributed by atoms with Gasteiger partial charge >= 0.3 is 0 Å². The third-order valence-electron chi connectivity index (χ3n) is 2.63. The van der Waals surface area contributed by atoms with Crippen molar-refractivity contribution in [3.05, 3.63) is 12.2 Å². The highest BCUT2D eigenvalue weighted by Gasteiger charge is 2.14. The molecule has 0 radical (unpaired) electrons. The lowest BCUT2D eigenvalue weighted by atomic mass is 10.1. The summed E-state index contributed by atoms with van der Waals surface area (Å²) >= 11 is 0. The fourth-order valence-electron chi connectivity index (χ4n) is 1.75. The molecule has 1 amide bonds. The van der Waals surface area contributed by atoms with Gasteiger partial charge in [0.2, 0.25) is 5.82 Å². The van der Waals surface area contributed by atoms with Gasteiger partial charge in [0.25, 0.3) is 5.91 Å². The number of hydrogen-bond acceptors (Lipinski definition) is 4. The first-order valence-corrected chi connectivity index (χ1v) is 5.20. The summed E-state index contributed by atoms with van der Waals surface area (Å²) in [7, 11) is 0. The number of amides is 1. The number of nitrogens with one attached hydrogen (secondary N) is 3. The minimum absolute atomic E-state index is 0.182. The molecule has 3 N–H and O–H groups in total. The average Bonchev–Trinajstić information content (AvgIpc) is 2.90. The van der Waals surface area contributed by atoms with Gasteiger partial charge < -0.3 is 10.6 Å². The van der Waals surface area contributed by atoms with E-state index in [1.165, 1.54) is 12.7 Å². The lowest BCUT2D eigenvalue weighted by Gasteiger charge is -2.07. The van der Waals surface area contributed by atoms with Gasteiger partial charge in [-0.15, -0.1) is 0 Å². The SMILES string of the molecule is O=C(NCCC1CCNC1)c1ncn[nH]1. The first kappa shape index (κ1) is 10.1. The van der Waals surface area contributed by atoms with Crippen LogP contribution in [0.3, 0.4) is 0 Å². The number of nitrogens with zero attached hydrogens (tertiary/aromatic N) is 2. The molecular weight excluding hydrogens is 194 g/mol. The summed E-state index contributed by atoms with van der Waals surface area (Å²) in [5.74, 6) is 0.790. The Labute approximate surface area is 87.9 Å². The number of carbonyl (C=O) groups excluding carboxylic acids is 1. The fraction of sp³-hybridized carbons (Fsp3) is 0.667. The van der Waals surface area contributed by atoms with Gasteiger partial charge in [0.15, 0.2) is 0 Å². The second-order valence-corrected chi connectivity index (χ2v) is 3.74. The standard InChI is InChI=1S/C9H15N5O/c15-9(8-12-6-13-14-8)11-4-2-7-1-3-10-5-7/h6-7,10H,1-5H2,(H,11,15)(H,12,13,14). The van der Waals surface area contributed by atoms with Crippen LogP contribution >= 0.6 is 0 Å². The van der Waals surface area contributed by atoms with Crippen LogP contribution in [0.1, 0.15) is 23.5 Å². The number of rotatable bonds is 4. The Kier molecular flexibility index (Phi) is 3.29. The van der Waals surface area contributed by atoms with Crippen LogP contribution in [0, 0.1) is 5.92 Å². The van der Waals surface area contributed by atoms with Gasteiger partial charge in [-0.1, -0.05) is 0 Å². The summed E-state index contributed by atoms with van der Waals surface area (Å²) < 4.78 is 0. The lowest BCUT2D eigenvalue weighted by molar-refractivity contribution is 0.0941. The number of H-pyrrole nitrogens is 1. The van der Waals surface area contributed by atoms with E-state index < -0.39 is 0 Å². The van der Waals surface area contributed by atoms with Crippen LogP contribution in [0.4, 0.5) is 0 Å². The van der Waals surface area contributed by atoms with E-state index in [1.54, 1.807) is 0 Å². The van der Waals surface area contributed by atoms with E-state index in [4.69, 9.17) is 0 Å². The molecule has 0 bridgehead atoms. The summed E-state index contributed by atoms with van der Waals surface area (Å²) in [5.41, 5.74) is 0. The summed E-state index contributed by atoms with van der Waals surface area (Å²) in [4.78, 5) is 15.2. The van der Waals surface area contributed by atoms with E-state index in [1.807, 2.05) is 0 Å². The largest absolute Gasteiger partial charge is 0.349 e. The molecule has 6 nitrogen and oxygen atoms in total. The van der Waals surface area contributed by atoms with Crippen LogP contribution in [0.25, 0.3) is 0 Å². The van der Waals surface area contributed by atoms with Gasteiger partial charge in [-0.2, -0.15) is 5.10 Å². The van der Waals surface area contributed by atoms with Crippen molar-refractivity contribution in [2.45, 2.75) is 12.8 Å². The zero-order chi connectivity index (χ0) is 10.5. The molecule has 1 aromatic heterocycles. The number of carbonyl (C=O) groups is 1. The predicted molar refractivity (Wildman–Crippen MR) is 54.3 cm³/mol. The minimum Gasteiger partial charge on any atom is -0.349 e.